The van der Waals surface area contributed by atoms with Crippen molar-refractivity contribution in [2.75, 3.05) is 0 Å². The third kappa shape index (κ3) is 0.857. The highest BCUT2D eigenvalue weighted by Gasteiger charge is 1.92. The lowest BCUT2D eigenvalue weighted by atomic mass is 10.6. The van der Waals surface area contributed by atoms with Crippen molar-refractivity contribution >= 4 is 0 Å². The molecule has 0 aromatic carbocycles. The number of imidazole rings is 1. The van der Waals surface area contributed by atoms with E-state index in [2.05, 4.69) is 9.97 Å². The summed E-state index contributed by atoms with van der Waals surface area (Å²) in [7, 11) is 0. The topological polar surface area (TPSA) is 28.7 Å². The van der Waals surface area contributed by atoms with E-state index in [9.17, 15) is 4.39 Å². The molecule has 44 valence electrons. The van der Waals surface area contributed by atoms with Crippen LogP contribution in [0.2, 0.25) is 0 Å². The molecule has 0 aliphatic heterocycles. The van der Waals surface area contributed by atoms with Crippen LogP contribution in [-0.2, 0) is 6.67 Å². The summed E-state index contributed by atoms with van der Waals surface area (Å²) < 4.78 is 11.6. The average Bonchev–Trinajstić information content (AvgIpc) is 2.14. The first-order valence-corrected chi connectivity index (χ1v) is 2.40. The molecule has 0 bridgehead atoms. The number of alkyl halides is 1. The Labute approximate surface area is 46.8 Å². The van der Waals surface area contributed by atoms with Gasteiger partial charge in [-0.25, -0.2) is 9.37 Å². The van der Waals surface area contributed by atoms with Crippen LogP contribution in [0.5, 0.6) is 0 Å². The highest BCUT2D eigenvalue weighted by atomic mass is 19.1. The quantitative estimate of drug-likeness (QED) is 0.583. The summed E-state index contributed by atoms with van der Waals surface area (Å²) in [5.41, 5.74) is 0.831. The molecule has 3 heteroatoms. The fourth-order valence-electron chi connectivity index (χ4n) is 0.534. The van der Waals surface area contributed by atoms with Gasteiger partial charge in [-0.1, -0.05) is 0 Å². The van der Waals surface area contributed by atoms with Crippen LogP contribution in [0.1, 0.15) is 11.5 Å². The molecule has 0 radical (unpaired) electrons. The van der Waals surface area contributed by atoms with Crippen molar-refractivity contribution < 1.29 is 4.39 Å². The maximum absolute atomic E-state index is 11.6. The van der Waals surface area contributed by atoms with Crippen molar-refractivity contribution in [2.45, 2.75) is 13.6 Å². The van der Waals surface area contributed by atoms with Gasteiger partial charge in [0.05, 0.1) is 5.69 Å². The van der Waals surface area contributed by atoms with Gasteiger partial charge < -0.3 is 4.98 Å². The van der Waals surface area contributed by atoms with E-state index < -0.39 is 6.67 Å². The second kappa shape index (κ2) is 1.94. The van der Waals surface area contributed by atoms with Gasteiger partial charge in [0, 0.05) is 6.20 Å². The Morgan fingerprint density at radius 3 is 2.88 bits per heavy atom. The van der Waals surface area contributed by atoms with E-state index in [1.807, 2.05) is 6.92 Å². The summed E-state index contributed by atoms with van der Waals surface area (Å²) in [6.45, 7) is 1.31. The fourth-order valence-corrected chi connectivity index (χ4v) is 0.534. The zero-order valence-corrected chi connectivity index (χ0v) is 4.61. The number of halogens is 1. The lowest BCUT2D eigenvalue weighted by molar-refractivity contribution is 0.468. The molecule has 1 aromatic rings. The first-order valence-electron chi connectivity index (χ1n) is 2.40. The largest absolute Gasteiger partial charge is 0.346 e. The predicted molar refractivity (Wildman–Crippen MR) is 28.1 cm³/mol. The number of H-pyrrole nitrogens is 1. The number of hydrogen-bond acceptors (Lipinski definition) is 1. The Hall–Kier alpha value is -0.860. The first kappa shape index (κ1) is 5.28. The van der Waals surface area contributed by atoms with E-state index in [0.717, 1.165) is 5.69 Å². The smallest absolute Gasteiger partial charge is 0.147 e. The molecule has 0 unspecified atom stereocenters. The summed E-state index contributed by atoms with van der Waals surface area (Å²) in [5.74, 6) is 0.405. The highest BCUT2D eigenvalue weighted by molar-refractivity contribution is 4.96. The van der Waals surface area contributed by atoms with Crippen molar-refractivity contribution in [3.05, 3.63) is 17.7 Å². The molecule has 0 amide bonds. The van der Waals surface area contributed by atoms with E-state index in [0.29, 0.717) is 5.82 Å². The van der Waals surface area contributed by atoms with Gasteiger partial charge in [0.1, 0.15) is 12.5 Å². The molecule has 8 heavy (non-hydrogen) atoms. The van der Waals surface area contributed by atoms with Crippen LogP contribution in [0.15, 0.2) is 6.20 Å². The normalized spacial score (nSPS) is 9.75. The van der Waals surface area contributed by atoms with Gasteiger partial charge in [-0.2, -0.15) is 0 Å². The minimum Gasteiger partial charge on any atom is -0.346 e. The van der Waals surface area contributed by atoms with Gasteiger partial charge in [-0.05, 0) is 6.92 Å². The van der Waals surface area contributed by atoms with Crippen molar-refractivity contribution in [2.24, 2.45) is 0 Å². The standard InChI is InChI=1S/C5H7FN2/c1-4-3-7-5(2-6)8-4/h3H,2H2,1H3,(H,7,8). The van der Waals surface area contributed by atoms with Crippen LogP contribution in [0.25, 0.3) is 0 Å². The molecule has 0 aliphatic rings. The molecular weight excluding hydrogens is 107 g/mol. The summed E-state index contributed by atoms with van der Waals surface area (Å²) in [4.78, 5) is 6.47. The van der Waals surface area contributed by atoms with E-state index in [1.165, 1.54) is 0 Å². The van der Waals surface area contributed by atoms with Crippen molar-refractivity contribution in [1.82, 2.24) is 9.97 Å². The molecule has 2 nitrogen and oxygen atoms in total. The molecule has 0 atom stereocenters. The minimum absolute atomic E-state index is 0.405. The molecule has 0 fully saturated rings. The maximum Gasteiger partial charge on any atom is 0.147 e. The highest BCUT2D eigenvalue weighted by Crippen LogP contribution is 1.94. The van der Waals surface area contributed by atoms with Crippen LogP contribution < -0.4 is 0 Å². The Morgan fingerprint density at radius 2 is 2.62 bits per heavy atom. The Balaban J connectivity index is 2.84. The Morgan fingerprint density at radius 1 is 1.88 bits per heavy atom. The van der Waals surface area contributed by atoms with Gasteiger partial charge in [0.2, 0.25) is 0 Å². The first-order chi connectivity index (χ1) is 3.83. The lowest BCUT2D eigenvalue weighted by Crippen LogP contribution is -1.78. The maximum atomic E-state index is 11.6. The number of rotatable bonds is 1. The van der Waals surface area contributed by atoms with Crippen LogP contribution in [0.4, 0.5) is 4.39 Å². The number of aromatic nitrogens is 2. The average molecular weight is 114 g/mol. The van der Waals surface area contributed by atoms with E-state index >= 15 is 0 Å². The van der Waals surface area contributed by atoms with Crippen LogP contribution in [0.3, 0.4) is 0 Å². The summed E-state index contributed by atoms with van der Waals surface area (Å²) >= 11 is 0. The molecule has 0 aliphatic carbocycles. The molecular formula is C5H7FN2. The second-order valence-corrected chi connectivity index (χ2v) is 1.62. The monoisotopic (exact) mass is 114 g/mol. The number of aryl methyl sites for hydroxylation is 1. The summed E-state index contributed by atoms with van der Waals surface area (Å²) in [5, 5.41) is 0. The predicted octanol–water partition coefficient (Wildman–Crippen LogP) is 1.19. The van der Waals surface area contributed by atoms with Gasteiger partial charge in [-0.15, -0.1) is 0 Å². The lowest BCUT2D eigenvalue weighted by Gasteiger charge is -1.78. The zero-order valence-electron chi connectivity index (χ0n) is 4.61. The second-order valence-electron chi connectivity index (χ2n) is 1.62. The Bertz CT molecular complexity index is 171. The number of nitrogens with one attached hydrogen (secondary N) is 1. The third-order valence-corrected chi connectivity index (χ3v) is 0.886. The molecule has 1 N–H and O–H groups in total. The van der Waals surface area contributed by atoms with Crippen molar-refractivity contribution in [3.63, 3.8) is 0 Å². The van der Waals surface area contributed by atoms with E-state index in [1.54, 1.807) is 6.20 Å². The molecule has 0 spiro atoms. The van der Waals surface area contributed by atoms with Crippen molar-refractivity contribution in [1.29, 1.82) is 0 Å². The molecule has 0 saturated heterocycles. The fraction of sp³-hybridized carbons (Fsp3) is 0.400. The van der Waals surface area contributed by atoms with Gasteiger partial charge >= 0.3 is 0 Å². The molecule has 1 rings (SSSR count). The summed E-state index contributed by atoms with van der Waals surface area (Å²) in [6, 6.07) is 0. The minimum atomic E-state index is -0.506. The summed E-state index contributed by atoms with van der Waals surface area (Å²) in [6.07, 6.45) is 1.68. The van der Waals surface area contributed by atoms with Crippen molar-refractivity contribution in [3.8, 4) is 0 Å². The Kier molecular flexibility index (Phi) is 1.28. The number of nitrogens with zero attached hydrogens (tertiary/aromatic N) is 1. The van der Waals surface area contributed by atoms with Gasteiger partial charge in [0.25, 0.3) is 0 Å². The zero-order chi connectivity index (χ0) is 5.98. The van der Waals surface area contributed by atoms with Crippen LogP contribution >= 0.6 is 0 Å². The number of hydrogen-bond donors (Lipinski definition) is 1. The SMILES string of the molecule is Cc1c[nH]c(CF)n1. The van der Waals surface area contributed by atoms with Gasteiger partial charge in [0.15, 0.2) is 0 Å². The van der Waals surface area contributed by atoms with E-state index in [4.69, 9.17) is 0 Å². The van der Waals surface area contributed by atoms with Crippen LogP contribution in [-0.4, -0.2) is 9.97 Å². The molecule has 1 heterocycles. The van der Waals surface area contributed by atoms with E-state index in [-0.39, 0.29) is 0 Å². The number of aromatic amines is 1. The van der Waals surface area contributed by atoms with Crippen LogP contribution in [0, 0.1) is 6.92 Å². The van der Waals surface area contributed by atoms with Gasteiger partial charge in [-0.3, -0.25) is 0 Å². The molecule has 0 saturated carbocycles. The molecule has 1 aromatic heterocycles. The third-order valence-electron chi connectivity index (χ3n) is 0.886.